The highest BCUT2D eigenvalue weighted by atomic mass is 32.2. The number of sulfone groups is 1. The third-order valence-corrected chi connectivity index (χ3v) is 7.28. The Morgan fingerprint density at radius 2 is 1.67 bits per heavy atom. The minimum absolute atomic E-state index is 0.382. The van der Waals surface area contributed by atoms with E-state index < -0.39 is 17.9 Å². The monoisotopic (exact) mass is 360 g/mol. The largest absolute Gasteiger partial charge is 0.219 e. The van der Waals surface area contributed by atoms with Gasteiger partial charge < -0.3 is 0 Å². The highest BCUT2D eigenvalue weighted by molar-refractivity contribution is 7.95. The Bertz CT molecular complexity index is 779. The van der Waals surface area contributed by atoms with Crippen molar-refractivity contribution in [1.82, 2.24) is 0 Å². The molecular formula is C20H28O2SSi. The summed E-state index contributed by atoms with van der Waals surface area (Å²) in [7, 11) is -4.93. The molecule has 0 saturated carbocycles. The van der Waals surface area contributed by atoms with Gasteiger partial charge in [0.2, 0.25) is 9.84 Å². The van der Waals surface area contributed by atoms with Crippen LogP contribution in [0.2, 0.25) is 19.6 Å². The van der Waals surface area contributed by atoms with Crippen molar-refractivity contribution in [2.45, 2.75) is 57.1 Å². The smallest absolute Gasteiger partial charge is 0.203 e. The van der Waals surface area contributed by atoms with Gasteiger partial charge in [-0.1, -0.05) is 50.1 Å². The molecule has 2 nitrogen and oxygen atoms in total. The molecule has 0 amide bonds. The van der Waals surface area contributed by atoms with Crippen LogP contribution in [0.1, 0.15) is 32.6 Å². The molecule has 1 aliphatic carbocycles. The fourth-order valence-electron chi connectivity index (χ4n) is 3.22. The predicted octanol–water partition coefficient (Wildman–Crippen LogP) is 5.67. The van der Waals surface area contributed by atoms with Crippen molar-refractivity contribution in [2.75, 3.05) is 0 Å². The summed E-state index contributed by atoms with van der Waals surface area (Å²) in [5, 5.41) is 0. The van der Waals surface area contributed by atoms with Crippen LogP contribution in [0.3, 0.4) is 0 Å². The molecule has 0 saturated heterocycles. The first kappa shape index (κ1) is 18.9. The van der Waals surface area contributed by atoms with Gasteiger partial charge in [-0.05, 0) is 61.5 Å². The number of hydrogen-bond acceptors (Lipinski definition) is 2. The van der Waals surface area contributed by atoms with Crippen LogP contribution in [-0.2, 0) is 9.84 Å². The zero-order valence-corrected chi connectivity index (χ0v) is 17.0. The average molecular weight is 361 g/mol. The van der Waals surface area contributed by atoms with Gasteiger partial charge >= 0.3 is 0 Å². The van der Waals surface area contributed by atoms with E-state index in [0.29, 0.717) is 16.2 Å². The van der Waals surface area contributed by atoms with Crippen LogP contribution in [0.5, 0.6) is 0 Å². The van der Waals surface area contributed by atoms with E-state index in [1.54, 1.807) is 24.3 Å². The second-order valence-corrected chi connectivity index (χ2v) is 14.6. The summed E-state index contributed by atoms with van der Waals surface area (Å²) in [6.07, 6.45) is 3.48. The molecule has 0 fully saturated rings. The van der Waals surface area contributed by atoms with Crippen LogP contribution in [0.15, 0.2) is 69.1 Å². The SMILES string of the molecule is C=C(C)C1=C(S(=O)(=O)c2ccccc2)CCCC/C1=C\[Si](C)(C)C. The van der Waals surface area contributed by atoms with Gasteiger partial charge in [-0.15, -0.1) is 0 Å². The van der Waals surface area contributed by atoms with Gasteiger partial charge in [-0.3, -0.25) is 0 Å². The Morgan fingerprint density at radius 1 is 1.08 bits per heavy atom. The van der Waals surface area contributed by atoms with Gasteiger partial charge in [0.05, 0.1) is 17.9 Å². The van der Waals surface area contributed by atoms with Gasteiger partial charge in [0.25, 0.3) is 0 Å². The molecule has 0 heterocycles. The lowest BCUT2D eigenvalue weighted by Crippen LogP contribution is -2.18. The highest BCUT2D eigenvalue weighted by Gasteiger charge is 2.28. The molecule has 0 spiro atoms. The van der Waals surface area contributed by atoms with Gasteiger partial charge in [-0.25, -0.2) is 8.42 Å². The molecule has 0 N–H and O–H groups in total. The van der Waals surface area contributed by atoms with Crippen molar-refractivity contribution in [2.24, 2.45) is 0 Å². The first-order valence-corrected chi connectivity index (χ1v) is 13.6. The van der Waals surface area contributed by atoms with E-state index in [1.807, 2.05) is 13.0 Å². The molecule has 1 aromatic carbocycles. The summed E-state index contributed by atoms with van der Waals surface area (Å²) in [6.45, 7) is 12.9. The van der Waals surface area contributed by atoms with Gasteiger partial charge in [0.15, 0.2) is 0 Å². The van der Waals surface area contributed by atoms with Crippen molar-refractivity contribution in [1.29, 1.82) is 0 Å². The number of rotatable bonds is 4. The molecule has 0 unspecified atom stereocenters. The zero-order valence-electron chi connectivity index (χ0n) is 15.2. The lowest BCUT2D eigenvalue weighted by molar-refractivity contribution is 0.598. The Hall–Kier alpha value is -1.39. The van der Waals surface area contributed by atoms with Crippen LogP contribution in [-0.4, -0.2) is 16.5 Å². The lowest BCUT2D eigenvalue weighted by atomic mass is 9.99. The van der Waals surface area contributed by atoms with E-state index >= 15 is 0 Å². The molecule has 4 heteroatoms. The normalized spacial score (nSPS) is 18.6. The maximum Gasteiger partial charge on any atom is 0.203 e. The third kappa shape index (κ3) is 4.36. The molecule has 0 atom stereocenters. The summed E-state index contributed by atoms with van der Waals surface area (Å²) in [4.78, 5) is 0.941. The molecule has 0 aromatic heterocycles. The molecular weight excluding hydrogens is 332 g/mol. The number of hydrogen-bond donors (Lipinski definition) is 0. The first-order valence-electron chi connectivity index (χ1n) is 8.54. The molecule has 1 aromatic rings. The van der Waals surface area contributed by atoms with Gasteiger partial charge in [-0.2, -0.15) is 0 Å². The van der Waals surface area contributed by atoms with Gasteiger partial charge in [0, 0.05) is 0 Å². The van der Waals surface area contributed by atoms with E-state index in [0.717, 1.165) is 30.4 Å². The average Bonchev–Trinajstić information content (AvgIpc) is 2.69. The minimum atomic E-state index is -3.47. The standard InChI is InChI=1S/C20H28O2SSi/c1-16(2)20-17(15-24(3,4)5)11-9-10-14-19(20)23(21,22)18-12-7-6-8-13-18/h6-8,12-13,15H,1,9-11,14H2,2-5H3/b17-15+. The van der Waals surface area contributed by atoms with Crippen LogP contribution >= 0.6 is 0 Å². The molecule has 130 valence electrons. The quantitative estimate of drug-likeness (QED) is 0.648. The van der Waals surface area contributed by atoms with Crippen LogP contribution in [0.25, 0.3) is 0 Å². The summed E-state index contributed by atoms with van der Waals surface area (Å²) in [5.74, 6) is 0. The number of allylic oxidation sites excluding steroid dienone is 4. The predicted molar refractivity (Wildman–Crippen MR) is 105 cm³/mol. The summed E-state index contributed by atoms with van der Waals surface area (Å²) < 4.78 is 26.5. The van der Waals surface area contributed by atoms with Crippen LogP contribution in [0, 0.1) is 0 Å². The number of benzene rings is 1. The molecule has 0 radical (unpaired) electrons. The Kier molecular flexibility index (Phi) is 5.71. The molecule has 1 aliphatic rings. The van der Waals surface area contributed by atoms with E-state index in [2.05, 4.69) is 31.9 Å². The van der Waals surface area contributed by atoms with E-state index in [-0.39, 0.29) is 0 Å². The summed E-state index contributed by atoms with van der Waals surface area (Å²) >= 11 is 0. The topological polar surface area (TPSA) is 34.1 Å². The Balaban J connectivity index is 2.72. The molecule has 0 bridgehead atoms. The van der Waals surface area contributed by atoms with E-state index in [1.165, 1.54) is 5.57 Å². The van der Waals surface area contributed by atoms with Crippen molar-refractivity contribution >= 4 is 17.9 Å². The van der Waals surface area contributed by atoms with Crippen molar-refractivity contribution < 1.29 is 8.42 Å². The zero-order chi connectivity index (χ0) is 18.0. The maximum absolute atomic E-state index is 13.3. The van der Waals surface area contributed by atoms with Crippen molar-refractivity contribution in [3.05, 3.63) is 64.2 Å². The minimum Gasteiger partial charge on any atom is -0.219 e. The maximum atomic E-state index is 13.3. The van der Waals surface area contributed by atoms with E-state index in [9.17, 15) is 8.42 Å². The second-order valence-electron chi connectivity index (χ2n) is 7.64. The summed E-state index contributed by atoms with van der Waals surface area (Å²) in [6, 6.07) is 8.78. The second kappa shape index (κ2) is 7.24. The molecule has 24 heavy (non-hydrogen) atoms. The third-order valence-electron chi connectivity index (χ3n) is 4.11. The van der Waals surface area contributed by atoms with Crippen molar-refractivity contribution in [3.63, 3.8) is 0 Å². The molecule has 2 rings (SSSR count). The fourth-order valence-corrected chi connectivity index (χ4v) is 6.34. The fraction of sp³-hybridized carbons (Fsp3) is 0.400. The first-order chi connectivity index (χ1) is 11.1. The van der Waals surface area contributed by atoms with E-state index in [4.69, 9.17) is 0 Å². The summed E-state index contributed by atoms with van der Waals surface area (Å²) in [5.41, 5.74) is 5.28. The Labute approximate surface area is 147 Å². The van der Waals surface area contributed by atoms with Crippen LogP contribution < -0.4 is 0 Å². The highest BCUT2D eigenvalue weighted by Crippen LogP contribution is 2.38. The lowest BCUT2D eigenvalue weighted by Gasteiger charge is -2.19. The Morgan fingerprint density at radius 3 is 2.21 bits per heavy atom. The van der Waals surface area contributed by atoms with Crippen LogP contribution in [0.4, 0.5) is 0 Å². The van der Waals surface area contributed by atoms with Crippen molar-refractivity contribution in [3.8, 4) is 0 Å². The molecule has 0 aliphatic heterocycles. The van der Waals surface area contributed by atoms with Gasteiger partial charge in [0.1, 0.15) is 0 Å².